The molecule has 2 aromatic heterocycles. The Labute approximate surface area is 181 Å². The molecule has 6 nitrogen and oxygen atoms in total. The molecule has 0 spiro atoms. The zero-order valence-electron chi connectivity index (χ0n) is 18.0. The van der Waals surface area contributed by atoms with Gasteiger partial charge in [0.25, 0.3) is 5.91 Å². The molecule has 0 aliphatic rings. The Kier molecular flexibility index (Phi) is 8.55. The van der Waals surface area contributed by atoms with Crippen LogP contribution in [0.25, 0.3) is 23.5 Å². The van der Waals surface area contributed by atoms with Crippen LogP contribution in [-0.2, 0) is 0 Å². The van der Waals surface area contributed by atoms with E-state index in [-0.39, 0.29) is 11.7 Å². The van der Waals surface area contributed by atoms with E-state index in [9.17, 15) is 9.90 Å². The third-order valence-electron chi connectivity index (χ3n) is 3.93. The molecule has 0 atom stereocenters. The first-order valence-electron chi connectivity index (χ1n) is 9.82. The van der Waals surface area contributed by atoms with Gasteiger partial charge >= 0.3 is 0 Å². The van der Waals surface area contributed by atoms with E-state index < -0.39 is 0 Å². The van der Waals surface area contributed by atoms with Gasteiger partial charge in [0.15, 0.2) is 5.01 Å². The van der Waals surface area contributed by atoms with Gasteiger partial charge < -0.3 is 10.0 Å². The molecular formula is C23H28N4O2S. The Morgan fingerprint density at radius 1 is 1.27 bits per heavy atom. The van der Waals surface area contributed by atoms with E-state index in [4.69, 9.17) is 0 Å². The number of aromatic nitrogens is 3. The molecule has 158 valence electrons. The number of rotatable bonds is 5. The molecule has 0 aliphatic carbocycles. The lowest BCUT2D eigenvalue weighted by molar-refractivity contribution is 0.0992. The minimum absolute atomic E-state index is 0.111. The van der Waals surface area contributed by atoms with Crippen molar-refractivity contribution in [3.05, 3.63) is 58.7 Å². The molecule has 1 N–H and O–H groups in total. The highest BCUT2D eigenvalue weighted by molar-refractivity contribution is 7.12. The van der Waals surface area contributed by atoms with Crippen molar-refractivity contribution in [2.24, 2.45) is 0 Å². The highest BCUT2D eigenvalue weighted by Gasteiger charge is 2.20. The van der Waals surface area contributed by atoms with Gasteiger partial charge in [-0.05, 0) is 32.1 Å². The number of hydrogen-bond acceptors (Lipinski definition) is 5. The summed E-state index contributed by atoms with van der Waals surface area (Å²) in [6.07, 6.45) is 10.7. The zero-order chi connectivity index (χ0) is 22.1. The third kappa shape index (κ3) is 5.45. The molecule has 0 fully saturated rings. The van der Waals surface area contributed by atoms with Crippen LogP contribution < -0.4 is 4.90 Å². The van der Waals surface area contributed by atoms with Gasteiger partial charge in [-0.1, -0.05) is 38.5 Å². The quantitative estimate of drug-likeness (QED) is 0.551. The van der Waals surface area contributed by atoms with Gasteiger partial charge in [-0.25, -0.2) is 9.67 Å². The molecule has 0 unspecified atom stereocenters. The first kappa shape index (κ1) is 23.1. The SMILES string of the molecule is C/C=C\c1c(-c2csc(C(=O)N(C)c3cccc(O)c3)n2)cnn1/C=C\C.CCC. The number of allylic oxidation sites excluding steroid dienone is 2. The standard InChI is InChI=1S/C20H20N4O2S.C3H8/c1-4-7-18-16(12-21-24(18)10-5-2)17-13-27-19(22-17)20(26)23(3)14-8-6-9-15(25)11-14;1-3-2/h4-13,25H,1-3H3;3H2,1-2H3/b7-4-,10-5-;. The molecule has 3 aromatic rings. The second kappa shape index (κ2) is 11.1. The maximum Gasteiger partial charge on any atom is 0.287 e. The molecule has 0 saturated heterocycles. The number of carbonyl (C=O) groups is 1. The second-order valence-corrected chi connectivity index (χ2v) is 7.36. The van der Waals surface area contributed by atoms with Crippen molar-refractivity contribution in [1.82, 2.24) is 14.8 Å². The lowest BCUT2D eigenvalue weighted by atomic mass is 10.2. The van der Waals surface area contributed by atoms with E-state index in [1.165, 1.54) is 28.7 Å². The van der Waals surface area contributed by atoms with Crippen LogP contribution in [0, 0.1) is 0 Å². The molecule has 1 amide bonds. The van der Waals surface area contributed by atoms with Crippen molar-refractivity contribution >= 4 is 35.2 Å². The van der Waals surface area contributed by atoms with Crippen LogP contribution in [0.4, 0.5) is 5.69 Å². The number of amides is 1. The first-order chi connectivity index (χ1) is 14.5. The van der Waals surface area contributed by atoms with Crippen LogP contribution in [0.15, 0.2) is 48.0 Å². The molecule has 0 radical (unpaired) electrons. The Hall–Kier alpha value is -3.19. The van der Waals surface area contributed by atoms with E-state index in [1.807, 2.05) is 43.7 Å². The predicted octanol–water partition coefficient (Wildman–Crippen LogP) is 5.93. The summed E-state index contributed by atoms with van der Waals surface area (Å²) in [5.41, 5.74) is 3.08. The first-order valence-corrected chi connectivity index (χ1v) is 10.7. The van der Waals surface area contributed by atoms with Crippen LogP contribution in [-0.4, -0.2) is 32.8 Å². The Morgan fingerprint density at radius 3 is 2.63 bits per heavy atom. The van der Waals surface area contributed by atoms with Gasteiger partial charge in [0.05, 0.1) is 17.6 Å². The smallest absolute Gasteiger partial charge is 0.287 e. The van der Waals surface area contributed by atoms with Crippen molar-refractivity contribution in [3.8, 4) is 17.0 Å². The molecule has 2 heterocycles. The van der Waals surface area contributed by atoms with E-state index >= 15 is 0 Å². The van der Waals surface area contributed by atoms with E-state index in [0.29, 0.717) is 16.4 Å². The molecule has 1 aromatic carbocycles. The molecular weight excluding hydrogens is 396 g/mol. The highest BCUT2D eigenvalue weighted by Crippen LogP contribution is 2.28. The van der Waals surface area contributed by atoms with Crippen molar-refractivity contribution in [1.29, 1.82) is 0 Å². The molecule has 0 aliphatic heterocycles. The average molecular weight is 425 g/mol. The molecule has 3 rings (SSSR count). The summed E-state index contributed by atoms with van der Waals surface area (Å²) in [6, 6.07) is 6.56. The molecule has 0 bridgehead atoms. The molecule has 0 saturated carbocycles. The van der Waals surface area contributed by atoms with Crippen molar-refractivity contribution in [3.63, 3.8) is 0 Å². The summed E-state index contributed by atoms with van der Waals surface area (Å²) in [6.45, 7) is 8.12. The summed E-state index contributed by atoms with van der Waals surface area (Å²) in [5.74, 6) is -0.121. The number of benzene rings is 1. The van der Waals surface area contributed by atoms with E-state index in [0.717, 1.165) is 11.3 Å². The maximum atomic E-state index is 12.8. The maximum absolute atomic E-state index is 12.8. The Morgan fingerprint density at radius 2 is 2.00 bits per heavy atom. The summed E-state index contributed by atoms with van der Waals surface area (Å²) < 4.78 is 1.77. The van der Waals surface area contributed by atoms with E-state index in [1.54, 1.807) is 36.1 Å². The monoisotopic (exact) mass is 424 g/mol. The number of anilines is 1. The third-order valence-corrected chi connectivity index (χ3v) is 4.76. The van der Waals surface area contributed by atoms with Crippen molar-refractivity contribution in [2.45, 2.75) is 34.1 Å². The van der Waals surface area contributed by atoms with Gasteiger partial charge in [-0.15, -0.1) is 11.3 Å². The van der Waals surface area contributed by atoms with Crippen LogP contribution >= 0.6 is 11.3 Å². The zero-order valence-corrected chi connectivity index (χ0v) is 18.8. The van der Waals surface area contributed by atoms with Crippen molar-refractivity contribution < 1.29 is 9.90 Å². The highest BCUT2D eigenvalue weighted by atomic mass is 32.1. The fourth-order valence-corrected chi connectivity index (χ4v) is 3.40. The second-order valence-electron chi connectivity index (χ2n) is 6.50. The van der Waals surface area contributed by atoms with Gasteiger partial charge in [-0.2, -0.15) is 5.10 Å². The van der Waals surface area contributed by atoms with Crippen LogP contribution in [0.1, 0.15) is 49.6 Å². The number of phenolic OH excluding ortho intramolecular Hbond substituents is 1. The lowest BCUT2D eigenvalue weighted by Gasteiger charge is -2.15. The van der Waals surface area contributed by atoms with Crippen molar-refractivity contribution in [2.75, 3.05) is 11.9 Å². The lowest BCUT2D eigenvalue weighted by Crippen LogP contribution is -2.25. The van der Waals surface area contributed by atoms with Crippen LogP contribution in [0.3, 0.4) is 0 Å². The van der Waals surface area contributed by atoms with Gasteiger partial charge in [-0.3, -0.25) is 4.79 Å². The summed E-state index contributed by atoms with van der Waals surface area (Å²) in [5, 5.41) is 16.2. The summed E-state index contributed by atoms with van der Waals surface area (Å²) in [7, 11) is 1.66. The Bertz CT molecular complexity index is 1030. The van der Waals surface area contributed by atoms with Gasteiger partial charge in [0, 0.05) is 35.9 Å². The van der Waals surface area contributed by atoms with Gasteiger partial charge in [0.2, 0.25) is 0 Å². The Balaban J connectivity index is 0.00000101. The number of thiazole rings is 1. The van der Waals surface area contributed by atoms with E-state index in [2.05, 4.69) is 23.9 Å². The topological polar surface area (TPSA) is 71.2 Å². The summed E-state index contributed by atoms with van der Waals surface area (Å²) >= 11 is 1.29. The van der Waals surface area contributed by atoms with Crippen LogP contribution in [0.2, 0.25) is 0 Å². The van der Waals surface area contributed by atoms with Gasteiger partial charge in [0.1, 0.15) is 5.75 Å². The fraction of sp³-hybridized carbons (Fsp3) is 0.261. The normalized spacial score (nSPS) is 11.0. The average Bonchev–Trinajstić information content (AvgIpc) is 3.36. The number of phenols is 1. The minimum Gasteiger partial charge on any atom is -0.508 e. The predicted molar refractivity (Wildman–Crippen MR) is 126 cm³/mol. The fourth-order valence-electron chi connectivity index (χ4n) is 2.61. The number of aromatic hydroxyl groups is 1. The number of carbonyl (C=O) groups excluding carboxylic acids is 1. The minimum atomic E-state index is -0.231. The molecule has 30 heavy (non-hydrogen) atoms. The van der Waals surface area contributed by atoms with Crippen LogP contribution in [0.5, 0.6) is 5.75 Å². The largest absolute Gasteiger partial charge is 0.508 e. The number of nitrogens with zero attached hydrogens (tertiary/aromatic N) is 4. The molecule has 7 heteroatoms. The number of hydrogen-bond donors (Lipinski definition) is 1. The summed E-state index contributed by atoms with van der Waals surface area (Å²) in [4.78, 5) is 18.8.